The number of hydrogen-bond donors (Lipinski definition) is 3. The van der Waals surface area contributed by atoms with Gasteiger partial charge in [0.25, 0.3) is 5.91 Å². The van der Waals surface area contributed by atoms with E-state index in [1.54, 1.807) is 14.0 Å². The van der Waals surface area contributed by atoms with Crippen molar-refractivity contribution in [3.63, 3.8) is 0 Å². The molecule has 1 aromatic carbocycles. The summed E-state index contributed by atoms with van der Waals surface area (Å²) < 4.78 is 5.10. The predicted molar refractivity (Wildman–Crippen MR) is 99.8 cm³/mol. The molecule has 6 nitrogen and oxygen atoms in total. The van der Waals surface area contributed by atoms with Crippen LogP contribution < -0.4 is 16.4 Å². The van der Waals surface area contributed by atoms with Crippen LogP contribution in [-0.4, -0.2) is 25.5 Å². The number of carbonyl (C=O) groups excluding carboxylic acids is 2. The van der Waals surface area contributed by atoms with Crippen molar-refractivity contribution in [3.05, 3.63) is 51.9 Å². The fourth-order valence-corrected chi connectivity index (χ4v) is 3.51. The summed E-state index contributed by atoms with van der Waals surface area (Å²) in [4.78, 5) is 24.9. The normalized spacial score (nSPS) is 11.8. The lowest BCUT2D eigenvalue weighted by molar-refractivity contribution is 0.0526. The maximum atomic E-state index is 12.3. The fraction of sp³-hybridized carbons (Fsp3) is 0.333. The molecule has 1 heterocycles. The Morgan fingerprint density at radius 1 is 1.28 bits per heavy atom. The molecule has 2 aromatic rings. The molecule has 0 spiro atoms. The van der Waals surface area contributed by atoms with Crippen LogP contribution in [0.1, 0.15) is 51.0 Å². The second kappa shape index (κ2) is 8.64. The van der Waals surface area contributed by atoms with E-state index >= 15 is 0 Å². The minimum Gasteiger partial charge on any atom is -0.462 e. The Morgan fingerprint density at radius 3 is 2.56 bits per heavy atom. The van der Waals surface area contributed by atoms with Crippen LogP contribution in [-0.2, 0) is 11.3 Å². The highest BCUT2D eigenvalue weighted by molar-refractivity contribution is 7.18. The second-order valence-corrected chi connectivity index (χ2v) is 6.51. The molecule has 0 radical (unpaired) electrons. The van der Waals surface area contributed by atoms with Crippen molar-refractivity contribution in [2.24, 2.45) is 0 Å². The summed E-state index contributed by atoms with van der Waals surface area (Å²) in [5.74, 6) is -0.771. The van der Waals surface area contributed by atoms with Gasteiger partial charge in [-0.25, -0.2) is 4.79 Å². The zero-order chi connectivity index (χ0) is 18.4. The van der Waals surface area contributed by atoms with Gasteiger partial charge in [0.1, 0.15) is 5.00 Å². The number of nitrogens with two attached hydrogens (primary N) is 1. The zero-order valence-electron chi connectivity index (χ0n) is 14.6. The molecule has 4 N–H and O–H groups in total. The molecule has 0 bridgehead atoms. The minimum atomic E-state index is -0.504. The number of esters is 1. The van der Waals surface area contributed by atoms with Crippen LogP contribution in [0.15, 0.2) is 30.3 Å². The van der Waals surface area contributed by atoms with Crippen molar-refractivity contribution >= 4 is 28.2 Å². The number of amides is 1. The maximum Gasteiger partial charge on any atom is 0.341 e. The zero-order valence-corrected chi connectivity index (χ0v) is 15.4. The molecule has 0 aliphatic heterocycles. The van der Waals surface area contributed by atoms with Gasteiger partial charge in [0, 0.05) is 25.2 Å². The van der Waals surface area contributed by atoms with E-state index in [9.17, 15) is 9.59 Å². The average Bonchev–Trinajstić information content (AvgIpc) is 2.96. The van der Waals surface area contributed by atoms with Crippen molar-refractivity contribution in [1.82, 2.24) is 10.6 Å². The Labute approximate surface area is 151 Å². The first-order valence-electron chi connectivity index (χ1n) is 8.08. The molecule has 1 aromatic heterocycles. The fourth-order valence-electron chi connectivity index (χ4n) is 2.49. The highest BCUT2D eigenvalue weighted by Gasteiger charge is 2.26. The molecule has 2 rings (SSSR count). The van der Waals surface area contributed by atoms with Gasteiger partial charge in [0.15, 0.2) is 0 Å². The number of hydrogen-bond acceptors (Lipinski definition) is 6. The topological polar surface area (TPSA) is 93.5 Å². The Balaban J connectivity index is 2.30. The smallest absolute Gasteiger partial charge is 0.341 e. The monoisotopic (exact) mass is 361 g/mol. The summed E-state index contributed by atoms with van der Waals surface area (Å²) in [6.07, 6.45) is 0. The number of thiophene rings is 1. The van der Waals surface area contributed by atoms with E-state index in [2.05, 4.69) is 10.6 Å². The molecule has 0 aliphatic rings. The third-order valence-corrected chi connectivity index (χ3v) is 4.89. The number of ether oxygens (including phenoxy) is 1. The van der Waals surface area contributed by atoms with Crippen molar-refractivity contribution < 1.29 is 14.3 Å². The molecule has 25 heavy (non-hydrogen) atoms. The largest absolute Gasteiger partial charge is 0.462 e. The lowest BCUT2D eigenvalue weighted by atomic mass is 10.1. The molecule has 1 amide bonds. The Hall–Kier alpha value is -2.38. The Morgan fingerprint density at radius 2 is 1.96 bits per heavy atom. The number of rotatable bonds is 7. The molecule has 0 fully saturated rings. The van der Waals surface area contributed by atoms with Gasteiger partial charge in [-0.2, -0.15) is 0 Å². The summed E-state index contributed by atoms with van der Waals surface area (Å²) in [6, 6.07) is 9.98. The summed E-state index contributed by atoms with van der Waals surface area (Å²) in [7, 11) is 1.55. The van der Waals surface area contributed by atoms with E-state index < -0.39 is 5.97 Å². The molecule has 0 aliphatic carbocycles. The highest BCUT2D eigenvalue weighted by Crippen LogP contribution is 2.32. The molecule has 0 unspecified atom stereocenters. The van der Waals surface area contributed by atoms with Crippen LogP contribution in [0.5, 0.6) is 0 Å². The lowest BCUT2D eigenvalue weighted by Crippen LogP contribution is -2.24. The second-order valence-electron chi connectivity index (χ2n) is 5.46. The Kier molecular flexibility index (Phi) is 6.55. The molecule has 7 heteroatoms. The number of carbonyl (C=O) groups is 2. The molecule has 0 saturated carbocycles. The molecular weight excluding hydrogens is 338 g/mol. The van der Waals surface area contributed by atoms with E-state index in [-0.39, 0.29) is 24.1 Å². The molecular formula is C18H23N3O3S. The summed E-state index contributed by atoms with van der Waals surface area (Å²) in [5.41, 5.74) is 7.96. The van der Waals surface area contributed by atoms with E-state index in [0.717, 1.165) is 16.9 Å². The van der Waals surface area contributed by atoms with E-state index in [1.165, 1.54) is 0 Å². The molecule has 0 saturated heterocycles. The SMILES string of the molecule is CCOC(=O)c1c(N)sc(C(=O)NC)c1CN[C@H](C)c1ccccc1. The summed E-state index contributed by atoms with van der Waals surface area (Å²) in [5, 5.41) is 6.23. The van der Waals surface area contributed by atoms with Gasteiger partial charge in [0.2, 0.25) is 0 Å². The van der Waals surface area contributed by atoms with Crippen LogP contribution in [0.2, 0.25) is 0 Å². The van der Waals surface area contributed by atoms with Gasteiger partial charge in [-0.05, 0) is 19.4 Å². The van der Waals surface area contributed by atoms with Crippen LogP contribution in [0, 0.1) is 0 Å². The van der Waals surface area contributed by atoms with Gasteiger partial charge in [0.05, 0.1) is 17.0 Å². The van der Waals surface area contributed by atoms with Crippen molar-refractivity contribution in [2.45, 2.75) is 26.4 Å². The van der Waals surface area contributed by atoms with Crippen LogP contribution in [0.25, 0.3) is 0 Å². The minimum absolute atomic E-state index is 0.0508. The van der Waals surface area contributed by atoms with Gasteiger partial charge in [-0.1, -0.05) is 30.3 Å². The highest BCUT2D eigenvalue weighted by atomic mass is 32.1. The van der Waals surface area contributed by atoms with Gasteiger partial charge in [-0.15, -0.1) is 11.3 Å². The third-order valence-electron chi connectivity index (χ3n) is 3.83. The maximum absolute atomic E-state index is 12.3. The summed E-state index contributed by atoms with van der Waals surface area (Å²) >= 11 is 1.10. The first kappa shape index (κ1) is 19.0. The van der Waals surface area contributed by atoms with Gasteiger partial charge in [-0.3, -0.25) is 4.79 Å². The number of nitrogen functional groups attached to an aromatic ring is 1. The first-order valence-corrected chi connectivity index (χ1v) is 8.89. The predicted octanol–water partition coefficient (Wildman–Crippen LogP) is 2.72. The number of anilines is 1. The van der Waals surface area contributed by atoms with Gasteiger partial charge < -0.3 is 21.1 Å². The number of nitrogens with one attached hydrogen (secondary N) is 2. The number of benzene rings is 1. The van der Waals surface area contributed by atoms with E-state index in [4.69, 9.17) is 10.5 Å². The summed E-state index contributed by atoms with van der Waals surface area (Å²) in [6.45, 7) is 4.33. The molecule has 134 valence electrons. The first-order chi connectivity index (χ1) is 12.0. The van der Waals surface area contributed by atoms with Crippen molar-refractivity contribution in [3.8, 4) is 0 Å². The van der Waals surface area contributed by atoms with Crippen molar-refractivity contribution in [1.29, 1.82) is 0 Å². The standard InChI is InChI=1S/C18H23N3O3S/c1-4-24-18(23)14-13(15(17(22)20-3)25-16(14)19)10-21-11(2)12-8-6-5-7-9-12/h5-9,11,21H,4,10,19H2,1-3H3,(H,20,22)/t11-/m1/s1. The van der Waals surface area contributed by atoms with E-state index in [1.807, 2.05) is 37.3 Å². The lowest BCUT2D eigenvalue weighted by Gasteiger charge is -2.15. The van der Waals surface area contributed by atoms with Gasteiger partial charge >= 0.3 is 5.97 Å². The Bertz CT molecular complexity index is 744. The third kappa shape index (κ3) is 4.37. The van der Waals surface area contributed by atoms with E-state index in [0.29, 0.717) is 22.0 Å². The molecule has 1 atom stereocenters. The van der Waals surface area contributed by atoms with Crippen LogP contribution >= 0.6 is 11.3 Å². The quantitative estimate of drug-likeness (QED) is 0.659. The van der Waals surface area contributed by atoms with Crippen LogP contribution in [0.4, 0.5) is 5.00 Å². The van der Waals surface area contributed by atoms with Crippen molar-refractivity contribution in [2.75, 3.05) is 19.4 Å². The van der Waals surface area contributed by atoms with Crippen LogP contribution in [0.3, 0.4) is 0 Å². The average molecular weight is 361 g/mol.